The summed E-state index contributed by atoms with van der Waals surface area (Å²) in [5, 5.41) is 3.04. The highest BCUT2D eigenvalue weighted by Crippen LogP contribution is 2.40. The second-order valence-electron chi connectivity index (χ2n) is 4.01. The summed E-state index contributed by atoms with van der Waals surface area (Å²) in [6, 6.07) is 7.69. The minimum Gasteiger partial charge on any atom is -0.388 e. The van der Waals surface area contributed by atoms with Gasteiger partial charge in [0.2, 0.25) is 0 Å². The van der Waals surface area contributed by atoms with Gasteiger partial charge in [-0.1, -0.05) is 20.8 Å². The molecule has 1 aromatic carbocycles. The summed E-state index contributed by atoms with van der Waals surface area (Å²) in [6.07, 6.45) is 1.06. The van der Waals surface area contributed by atoms with E-state index in [1.807, 2.05) is 45.2 Å². The summed E-state index contributed by atoms with van der Waals surface area (Å²) in [6.45, 7) is 6.13. The fourth-order valence-electron chi connectivity index (χ4n) is 1.70. The van der Waals surface area contributed by atoms with Gasteiger partial charge in [0.15, 0.2) is 5.78 Å². The van der Waals surface area contributed by atoms with Crippen LogP contribution in [0.1, 0.15) is 37.6 Å². The van der Waals surface area contributed by atoms with Gasteiger partial charge in [-0.05, 0) is 36.6 Å². The van der Waals surface area contributed by atoms with Crippen molar-refractivity contribution >= 4 is 11.5 Å². The Balaban J connectivity index is 0.000000606. The van der Waals surface area contributed by atoms with Crippen LogP contribution in [0.4, 0.5) is 5.69 Å². The molecule has 1 fully saturated rings. The summed E-state index contributed by atoms with van der Waals surface area (Å²) >= 11 is 0. The lowest BCUT2D eigenvalue weighted by molar-refractivity contribution is 0.0962. The Kier molecular flexibility index (Phi) is 4.53. The van der Waals surface area contributed by atoms with E-state index < -0.39 is 0 Å². The van der Waals surface area contributed by atoms with Crippen molar-refractivity contribution in [3.05, 3.63) is 29.8 Å². The molecule has 0 spiro atoms. The Bertz CT molecular complexity index is 342. The molecule has 0 radical (unpaired) electrons. The molecule has 2 atom stereocenters. The SMILES string of the molecule is CC.CNc1ccc(C(=O)C2CC2C)cc1. The van der Waals surface area contributed by atoms with Crippen LogP contribution >= 0.6 is 0 Å². The van der Waals surface area contributed by atoms with E-state index in [1.165, 1.54) is 0 Å². The first-order chi connectivity index (χ1) is 7.72. The van der Waals surface area contributed by atoms with E-state index in [1.54, 1.807) is 0 Å². The Morgan fingerprint density at radius 3 is 2.12 bits per heavy atom. The molecular formula is C14H21NO. The van der Waals surface area contributed by atoms with Crippen molar-refractivity contribution in [2.75, 3.05) is 12.4 Å². The first-order valence-corrected chi connectivity index (χ1v) is 6.04. The van der Waals surface area contributed by atoms with Gasteiger partial charge >= 0.3 is 0 Å². The molecule has 2 rings (SSSR count). The standard InChI is InChI=1S/C12H15NO.C2H6/c1-8-7-11(8)12(14)9-3-5-10(13-2)6-4-9;1-2/h3-6,8,11,13H,7H2,1-2H3;1-2H3. The minimum absolute atomic E-state index is 0.287. The van der Waals surface area contributed by atoms with Crippen LogP contribution < -0.4 is 5.32 Å². The fourth-order valence-corrected chi connectivity index (χ4v) is 1.70. The van der Waals surface area contributed by atoms with Crippen molar-refractivity contribution in [2.24, 2.45) is 11.8 Å². The van der Waals surface area contributed by atoms with Gasteiger partial charge in [-0.3, -0.25) is 4.79 Å². The predicted molar refractivity (Wildman–Crippen MR) is 68.9 cm³/mol. The van der Waals surface area contributed by atoms with E-state index in [4.69, 9.17) is 0 Å². The molecule has 16 heavy (non-hydrogen) atoms. The predicted octanol–water partition coefficient (Wildman–Crippen LogP) is 3.59. The number of carbonyl (C=O) groups excluding carboxylic acids is 1. The summed E-state index contributed by atoms with van der Waals surface area (Å²) in [5.74, 6) is 1.18. The van der Waals surface area contributed by atoms with E-state index in [9.17, 15) is 4.79 Å². The summed E-state index contributed by atoms with van der Waals surface area (Å²) in [5.41, 5.74) is 1.89. The molecule has 0 saturated heterocycles. The van der Waals surface area contributed by atoms with Crippen molar-refractivity contribution in [3.8, 4) is 0 Å². The third kappa shape index (κ3) is 2.84. The number of anilines is 1. The van der Waals surface area contributed by atoms with E-state index in [0.717, 1.165) is 17.7 Å². The minimum atomic E-state index is 0.287. The highest BCUT2D eigenvalue weighted by atomic mass is 16.1. The van der Waals surface area contributed by atoms with E-state index in [-0.39, 0.29) is 5.92 Å². The van der Waals surface area contributed by atoms with Gasteiger partial charge in [-0.15, -0.1) is 0 Å². The molecule has 0 heterocycles. The molecule has 0 aliphatic heterocycles. The van der Waals surface area contributed by atoms with Crippen LogP contribution in [0.2, 0.25) is 0 Å². The van der Waals surface area contributed by atoms with Crippen LogP contribution in [0.3, 0.4) is 0 Å². The van der Waals surface area contributed by atoms with Crippen molar-refractivity contribution < 1.29 is 4.79 Å². The second kappa shape index (κ2) is 5.69. The van der Waals surface area contributed by atoms with Crippen LogP contribution in [-0.2, 0) is 0 Å². The lowest BCUT2D eigenvalue weighted by Crippen LogP contribution is -2.02. The molecule has 1 saturated carbocycles. The Morgan fingerprint density at radius 1 is 1.25 bits per heavy atom. The number of carbonyl (C=O) groups is 1. The molecule has 1 N–H and O–H groups in total. The van der Waals surface area contributed by atoms with Crippen molar-refractivity contribution in [3.63, 3.8) is 0 Å². The average molecular weight is 219 g/mol. The second-order valence-corrected chi connectivity index (χ2v) is 4.01. The number of Topliss-reactive ketones (excluding diaryl/α,β-unsaturated/α-hetero) is 1. The van der Waals surface area contributed by atoms with Gasteiger partial charge in [0.1, 0.15) is 0 Å². The van der Waals surface area contributed by atoms with Crippen molar-refractivity contribution in [1.29, 1.82) is 0 Å². The van der Waals surface area contributed by atoms with Crippen LogP contribution in [0.15, 0.2) is 24.3 Å². The summed E-state index contributed by atoms with van der Waals surface area (Å²) < 4.78 is 0. The molecule has 1 aromatic rings. The lowest BCUT2D eigenvalue weighted by atomic mass is 10.1. The number of rotatable bonds is 3. The molecular weight excluding hydrogens is 198 g/mol. The summed E-state index contributed by atoms with van der Waals surface area (Å²) in [7, 11) is 1.87. The number of nitrogens with one attached hydrogen (secondary N) is 1. The molecule has 88 valence electrons. The van der Waals surface area contributed by atoms with Gasteiger partial charge in [0, 0.05) is 24.2 Å². The van der Waals surface area contributed by atoms with E-state index in [0.29, 0.717) is 11.7 Å². The molecule has 2 unspecified atom stereocenters. The molecule has 2 nitrogen and oxygen atoms in total. The normalized spacial score (nSPS) is 21.8. The van der Waals surface area contributed by atoms with Crippen LogP contribution in [-0.4, -0.2) is 12.8 Å². The average Bonchev–Trinajstić information content (AvgIpc) is 3.08. The quantitative estimate of drug-likeness (QED) is 0.787. The monoisotopic (exact) mass is 219 g/mol. The Hall–Kier alpha value is -1.31. The third-order valence-corrected chi connectivity index (χ3v) is 2.90. The van der Waals surface area contributed by atoms with E-state index >= 15 is 0 Å². The van der Waals surface area contributed by atoms with Crippen LogP contribution in [0.5, 0.6) is 0 Å². The lowest BCUT2D eigenvalue weighted by Gasteiger charge is -2.02. The maximum Gasteiger partial charge on any atom is 0.166 e. The van der Waals surface area contributed by atoms with Gasteiger partial charge in [-0.25, -0.2) is 0 Å². The zero-order valence-corrected chi connectivity index (χ0v) is 10.6. The summed E-state index contributed by atoms with van der Waals surface area (Å²) in [4.78, 5) is 11.8. The number of ketones is 1. The molecule has 0 aromatic heterocycles. The first kappa shape index (κ1) is 12.8. The maximum atomic E-state index is 11.8. The first-order valence-electron chi connectivity index (χ1n) is 6.04. The van der Waals surface area contributed by atoms with Crippen molar-refractivity contribution in [2.45, 2.75) is 27.2 Å². The largest absolute Gasteiger partial charge is 0.388 e. The number of hydrogen-bond acceptors (Lipinski definition) is 2. The third-order valence-electron chi connectivity index (χ3n) is 2.90. The fraction of sp³-hybridized carbons (Fsp3) is 0.500. The zero-order valence-electron chi connectivity index (χ0n) is 10.6. The van der Waals surface area contributed by atoms with Gasteiger partial charge in [0.05, 0.1) is 0 Å². The maximum absolute atomic E-state index is 11.8. The molecule has 1 aliphatic rings. The van der Waals surface area contributed by atoms with Gasteiger partial charge < -0.3 is 5.32 Å². The molecule has 2 heteroatoms. The smallest absolute Gasteiger partial charge is 0.166 e. The van der Waals surface area contributed by atoms with Crippen molar-refractivity contribution in [1.82, 2.24) is 0 Å². The van der Waals surface area contributed by atoms with Gasteiger partial charge in [-0.2, -0.15) is 0 Å². The molecule has 0 bridgehead atoms. The highest BCUT2D eigenvalue weighted by molar-refractivity contribution is 5.99. The van der Waals surface area contributed by atoms with E-state index in [2.05, 4.69) is 12.2 Å². The Morgan fingerprint density at radius 2 is 1.75 bits per heavy atom. The van der Waals surface area contributed by atoms with Crippen LogP contribution in [0.25, 0.3) is 0 Å². The number of hydrogen-bond donors (Lipinski definition) is 1. The zero-order chi connectivity index (χ0) is 12.1. The van der Waals surface area contributed by atoms with Crippen LogP contribution in [0, 0.1) is 11.8 Å². The molecule has 1 aliphatic carbocycles. The molecule has 0 amide bonds. The van der Waals surface area contributed by atoms with Gasteiger partial charge in [0.25, 0.3) is 0 Å². The highest BCUT2D eigenvalue weighted by Gasteiger charge is 2.39. The topological polar surface area (TPSA) is 29.1 Å². The Labute approximate surface area is 98.1 Å². The number of benzene rings is 1.